The van der Waals surface area contributed by atoms with Gasteiger partial charge in [-0.05, 0) is 18.8 Å². The van der Waals surface area contributed by atoms with Gasteiger partial charge in [0.2, 0.25) is 0 Å². The van der Waals surface area contributed by atoms with Crippen LogP contribution in [-0.2, 0) is 0 Å². The predicted octanol–water partition coefficient (Wildman–Crippen LogP) is 4.75. The van der Waals surface area contributed by atoms with Gasteiger partial charge in [-0.2, -0.15) is 0 Å². The number of alkyl halides is 1. The zero-order valence-electron chi connectivity index (χ0n) is 8.90. The van der Waals surface area contributed by atoms with E-state index >= 15 is 0 Å². The molecule has 0 bridgehead atoms. The van der Waals surface area contributed by atoms with Crippen LogP contribution < -0.4 is 0 Å². The number of unbranched alkanes of at least 4 members (excludes halogenated alkanes) is 1. The SMILES string of the molecule is CCCCC1CCCCCC(Cl)C1. The lowest BCUT2D eigenvalue weighted by molar-refractivity contribution is 0.354. The maximum Gasteiger partial charge on any atom is 0.0338 e. The highest BCUT2D eigenvalue weighted by molar-refractivity contribution is 6.20. The molecule has 1 saturated carbocycles. The van der Waals surface area contributed by atoms with Crippen molar-refractivity contribution in [2.45, 2.75) is 70.1 Å². The van der Waals surface area contributed by atoms with Gasteiger partial charge in [0.1, 0.15) is 0 Å². The van der Waals surface area contributed by atoms with Crippen LogP contribution in [0.2, 0.25) is 0 Å². The molecule has 0 nitrogen and oxygen atoms in total. The molecule has 0 aromatic carbocycles. The van der Waals surface area contributed by atoms with E-state index in [4.69, 9.17) is 11.6 Å². The summed E-state index contributed by atoms with van der Waals surface area (Å²) in [5.74, 6) is 0.933. The molecule has 0 aromatic heterocycles. The van der Waals surface area contributed by atoms with E-state index in [1.807, 2.05) is 0 Å². The van der Waals surface area contributed by atoms with Crippen molar-refractivity contribution in [3.8, 4) is 0 Å². The molecule has 2 unspecified atom stereocenters. The van der Waals surface area contributed by atoms with Crippen molar-refractivity contribution >= 4 is 11.6 Å². The van der Waals surface area contributed by atoms with Crippen molar-refractivity contribution in [3.63, 3.8) is 0 Å². The zero-order valence-corrected chi connectivity index (χ0v) is 9.65. The largest absolute Gasteiger partial charge is 0.123 e. The molecule has 1 heteroatoms. The molecule has 1 aliphatic carbocycles. The smallest absolute Gasteiger partial charge is 0.0338 e. The Morgan fingerprint density at radius 1 is 1.15 bits per heavy atom. The maximum atomic E-state index is 6.27. The standard InChI is InChI=1S/C12H23Cl/c1-2-3-7-11-8-5-4-6-9-12(13)10-11/h11-12H,2-10H2,1H3. The van der Waals surface area contributed by atoms with Crippen LogP contribution in [0.4, 0.5) is 0 Å². The third-order valence-electron chi connectivity index (χ3n) is 3.18. The van der Waals surface area contributed by atoms with Gasteiger partial charge >= 0.3 is 0 Å². The molecule has 13 heavy (non-hydrogen) atoms. The second-order valence-corrected chi connectivity index (χ2v) is 5.10. The van der Waals surface area contributed by atoms with Crippen LogP contribution in [0.1, 0.15) is 64.7 Å². The summed E-state index contributed by atoms with van der Waals surface area (Å²) < 4.78 is 0. The molecule has 0 spiro atoms. The highest BCUT2D eigenvalue weighted by Gasteiger charge is 2.16. The van der Waals surface area contributed by atoms with Crippen molar-refractivity contribution in [1.29, 1.82) is 0 Å². The zero-order chi connectivity index (χ0) is 9.52. The molecular weight excluding hydrogens is 180 g/mol. The monoisotopic (exact) mass is 202 g/mol. The lowest BCUT2D eigenvalue weighted by Gasteiger charge is -2.22. The summed E-state index contributed by atoms with van der Waals surface area (Å²) in [6.45, 7) is 2.28. The molecule has 2 atom stereocenters. The molecule has 1 rings (SSSR count). The summed E-state index contributed by atoms with van der Waals surface area (Å²) in [5, 5.41) is 0.474. The highest BCUT2D eigenvalue weighted by Crippen LogP contribution is 2.28. The van der Waals surface area contributed by atoms with E-state index in [9.17, 15) is 0 Å². The van der Waals surface area contributed by atoms with Gasteiger partial charge in [-0.3, -0.25) is 0 Å². The average Bonchev–Trinajstić information content (AvgIpc) is 2.09. The molecule has 0 aromatic rings. The molecule has 0 saturated heterocycles. The lowest BCUT2D eigenvalue weighted by atomic mass is 9.87. The number of hydrogen-bond donors (Lipinski definition) is 0. The van der Waals surface area contributed by atoms with Crippen LogP contribution in [0.25, 0.3) is 0 Å². The molecule has 0 radical (unpaired) electrons. The van der Waals surface area contributed by atoms with Crippen molar-refractivity contribution in [1.82, 2.24) is 0 Å². The summed E-state index contributed by atoms with van der Waals surface area (Å²) in [6.07, 6.45) is 12.3. The Kier molecular flexibility index (Phi) is 5.86. The van der Waals surface area contributed by atoms with Gasteiger partial charge in [-0.1, -0.05) is 51.9 Å². The normalized spacial score (nSPS) is 30.9. The van der Waals surface area contributed by atoms with Crippen LogP contribution >= 0.6 is 11.6 Å². The first-order valence-corrected chi connectivity index (χ1v) is 6.40. The summed E-state index contributed by atoms with van der Waals surface area (Å²) in [4.78, 5) is 0. The number of halogens is 1. The average molecular weight is 203 g/mol. The Morgan fingerprint density at radius 3 is 2.69 bits per heavy atom. The molecule has 1 fully saturated rings. The van der Waals surface area contributed by atoms with E-state index in [0.29, 0.717) is 5.38 Å². The van der Waals surface area contributed by atoms with Crippen LogP contribution in [0.15, 0.2) is 0 Å². The van der Waals surface area contributed by atoms with E-state index in [-0.39, 0.29) is 0 Å². The van der Waals surface area contributed by atoms with Gasteiger partial charge in [0, 0.05) is 5.38 Å². The minimum absolute atomic E-state index is 0.474. The third-order valence-corrected chi connectivity index (χ3v) is 3.58. The summed E-state index contributed by atoms with van der Waals surface area (Å²) in [6, 6.07) is 0. The van der Waals surface area contributed by atoms with Crippen molar-refractivity contribution in [2.75, 3.05) is 0 Å². The molecule has 0 amide bonds. The number of rotatable bonds is 3. The fourth-order valence-corrected chi connectivity index (χ4v) is 2.73. The van der Waals surface area contributed by atoms with Gasteiger partial charge in [-0.25, -0.2) is 0 Å². The highest BCUT2D eigenvalue weighted by atomic mass is 35.5. The Hall–Kier alpha value is 0.290. The lowest BCUT2D eigenvalue weighted by Crippen LogP contribution is -2.12. The fraction of sp³-hybridized carbons (Fsp3) is 1.00. The Labute approximate surface area is 88.1 Å². The van der Waals surface area contributed by atoms with Gasteiger partial charge < -0.3 is 0 Å². The summed E-state index contributed by atoms with van der Waals surface area (Å²) in [5.41, 5.74) is 0. The topological polar surface area (TPSA) is 0 Å². The minimum Gasteiger partial charge on any atom is -0.123 e. The molecule has 78 valence electrons. The second-order valence-electron chi connectivity index (χ2n) is 4.48. The van der Waals surface area contributed by atoms with Crippen molar-refractivity contribution < 1.29 is 0 Å². The fourth-order valence-electron chi connectivity index (χ4n) is 2.33. The second kappa shape index (κ2) is 6.70. The molecule has 0 N–H and O–H groups in total. The predicted molar refractivity (Wildman–Crippen MR) is 60.4 cm³/mol. The van der Waals surface area contributed by atoms with Crippen molar-refractivity contribution in [2.24, 2.45) is 5.92 Å². The minimum atomic E-state index is 0.474. The summed E-state index contributed by atoms with van der Waals surface area (Å²) in [7, 11) is 0. The Balaban J connectivity index is 2.23. The van der Waals surface area contributed by atoms with Crippen LogP contribution in [0, 0.1) is 5.92 Å². The van der Waals surface area contributed by atoms with Crippen molar-refractivity contribution in [3.05, 3.63) is 0 Å². The Bertz CT molecular complexity index is 120. The molecule has 0 aliphatic heterocycles. The first-order chi connectivity index (χ1) is 6.33. The van der Waals surface area contributed by atoms with Gasteiger partial charge in [-0.15, -0.1) is 11.6 Å². The van der Waals surface area contributed by atoms with Crippen LogP contribution in [0.5, 0.6) is 0 Å². The summed E-state index contributed by atoms with van der Waals surface area (Å²) >= 11 is 6.27. The first kappa shape index (κ1) is 11.4. The van der Waals surface area contributed by atoms with Crippen LogP contribution in [0.3, 0.4) is 0 Å². The van der Waals surface area contributed by atoms with E-state index in [2.05, 4.69) is 6.92 Å². The van der Waals surface area contributed by atoms with Gasteiger partial charge in [0.15, 0.2) is 0 Å². The maximum absolute atomic E-state index is 6.27. The first-order valence-electron chi connectivity index (χ1n) is 5.97. The third kappa shape index (κ3) is 4.90. The van der Waals surface area contributed by atoms with Gasteiger partial charge in [0.05, 0.1) is 0 Å². The number of hydrogen-bond acceptors (Lipinski definition) is 0. The quantitative estimate of drug-likeness (QED) is 0.580. The van der Waals surface area contributed by atoms with E-state index in [1.165, 1.54) is 57.8 Å². The van der Waals surface area contributed by atoms with E-state index < -0.39 is 0 Å². The van der Waals surface area contributed by atoms with Gasteiger partial charge in [0.25, 0.3) is 0 Å². The molecule has 1 aliphatic rings. The Morgan fingerprint density at radius 2 is 1.92 bits per heavy atom. The van der Waals surface area contributed by atoms with E-state index in [0.717, 1.165) is 5.92 Å². The molecule has 0 heterocycles. The van der Waals surface area contributed by atoms with E-state index in [1.54, 1.807) is 0 Å². The molecular formula is C12H23Cl. The van der Waals surface area contributed by atoms with Crippen LogP contribution in [-0.4, -0.2) is 5.38 Å².